The van der Waals surface area contributed by atoms with Crippen LogP contribution in [-0.4, -0.2) is 71.1 Å². The lowest BCUT2D eigenvalue weighted by Gasteiger charge is -2.20. The minimum Gasteiger partial charge on any atom is -0.480 e. The number of phosphoric ester groups is 1. The number of carbonyl (C=O) groups is 3. The first kappa shape index (κ1) is 58.4. The molecule has 0 amide bonds. The number of allylic oxidation sites excluding steroid dienone is 7. The van der Waals surface area contributed by atoms with Crippen LogP contribution in [0.3, 0.4) is 0 Å². The number of hydrogen-bond acceptors (Lipinski definition) is 10. The third-order valence-electron chi connectivity index (χ3n) is 10.1. The molecule has 0 aliphatic carbocycles. The first-order valence-electron chi connectivity index (χ1n) is 23.7. The number of aliphatic hydroxyl groups is 1. The van der Waals surface area contributed by atoms with E-state index in [0.29, 0.717) is 25.7 Å². The van der Waals surface area contributed by atoms with E-state index in [1.54, 1.807) is 0 Å². The van der Waals surface area contributed by atoms with Crippen LogP contribution in [0.4, 0.5) is 0 Å². The van der Waals surface area contributed by atoms with E-state index in [-0.39, 0.29) is 25.6 Å². The topological polar surface area (TPSA) is 192 Å². The molecule has 5 N–H and O–H groups in total. The van der Waals surface area contributed by atoms with Crippen LogP contribution in [0.15, 0.2) is 48.6 Å². The lowest BCUT2D eigenvalue weighted by Crippen LogP contribution is -2.34. The summed E-state index contributed by atoms with van der Waals surface area (Å²) in [5.41, 5.74) is 5.34. The number of phosphoric acid groups is 1. The zero-order valence-corrected chi connectivity index (χ0v) is 39.0. The van der Waals surface area contributed by atoms with Crippen molar-refractivity contribution < 1.29 is 52.6 Å². The molecule has 4 atom stereocenters. The number of ether oxygens (including phenoxy) is 2. The van der Waals surface area contributed by atoms with E-state index in [1.807, 2.05) is 18.2 Å². The highest BCUT2D eigenvalue weighted by Crippen LogP contribution is 2.43. The number of carbonyl (C=O) groups excluding carboxylic acids is 2. The van der Waals surface area contributed by atoms with E-state index < -0.39 is 51.1 Å². The summed E-state index contributed by atoms with van der Waals surface area (Å²) < 4.78 is 32.7. The maximum atomic E-state index is 12.7. The molecule has 354 valence electrons. The standard InChI is InChI=1S/C48H86NO11P/c1-3-5-6-7-8-9-10-11-12-13-14-15-16-19-23-26-29-32-35-39-47(52)60-44(41-58-61(55,56)59-42-45(49)48(53)54)40-57-46(51)38-34-31-28-25-22-20-17-18-21-24-27-30-33-37-43(50)36-4-2/h17,20-21,24-25,28,30,33,43-45,50H,3-16,18-19,22-23,26-27,29,31-32,34-42,49H2,1-2H3,(H,53,54)(H,55,56)/b20-17-,24-21-,28-25-,33-30-/t43?,44-,45+/m1/s1. The summed E-state index contributed by atoms with van der Waals surface area (Å²) in [5.74, 6) is -2.47. The van der Waals surface area contributed by atoms with Gasteiger partial charge in [0.1, 0.15) is 12.6 Å². The summed E-state index contributed by atoms with van der Waals surface area (Å²) >= 11 is 0. The Morgan fingerprint density at radius 1 is 0.574 bits per heavy atom. The maximum Gasteiger partial charge on any atom is 0.472 e. The molecule has 13 heteroatoms. The molecular formula is C48H86NO11P. The van der Waals surface area contributed by atoms with Gasteiger partial charge in [0.15, 0.2) is 6.10 Å². The minimum absolute atomic E-state index is 0.131. The summed E-state index contributed by atoms with van der Waals surface area (Å²) in [6, 6.07) is -1.53. The Morgan fingerprint density at radius 3 is 1.51 bits per heavy atom. The molecule has 61 heavy (non-hydrogen) atoms. The minimum atomic E-state index is -4.74. The quantitative estimate of drug-likeness (QED) is 0.0196. The zero-order valence-electron chi connectivity index (χ0n) is 38.1. The number of esters is 2. The van der Waals surface area contributed by atoms with Crippen molar-refractivity contribution in [2.75, 3.05) is 19.8 Å². The molecule has 0 heterocycles. The molecule has 0 spiro atoms. The molecule has 0 saturated carbocycles. The van der Waals surface area contributed by atoms with Gasteiger partial charge in [-0.1, -0.05) is 184 Å². The van der Waals surface area contributed by atoms with E-state index in [4.69, 9.17) is 24.8 Å². The van der Waals surface area contributed by atoms with Gasteiger partial charge in [0.05, 0.1) is 19.3 Å². The second-order valence-corrected chi connectivity index (χ2v) is 17.5. The van der Waals surface area contributed by atoms with Crippen molar-refractivity contribution in [3.8, 4) is 0 Å². The molecule has 0 radical (unpaired) electrons. The molecule has 0 rings (SSSR count). The summed E-state index contributed by atoms with van der Waals surface area (Å²) in [6.07, 6.45) is 45.3. The number of rotatable bonds is 44. The number of nitrogens with two attached hydrogens (primary N) is 1. The highest BCUT2D eigenvalue weighted by atomic mass is 31.2. The number of aliphatic hydroxyl groups excluding tert-OH is 1. The van der Waals surface area contributed by atoms with Crippen LogP contribution in [0.1, 0.15) is 200 Å². The van der Waals surface area contributed by atoms with Gasteiger partial charge in [0.25, 0.3) is 0 Å². The van der Waals surface area contributed by atoms with E-state index in [0.717, 1.165) is 51.4 Å². The summed E-state index contributed by atoms with van der Waals surface area (Å²) in [7, 11) is -4.74. The van der Waals surface area contributed by atoms with Crippen molar-refractivity contribution in [3.05, 3.63) is 48.6 Å². The van der Waals surface area contributed by atoms with Gasteiger partial charge in [-0.05, 0) is 51.4 Å². The van der Waals surface area contributed by atoms with Crippen molar-refractivity contribution >= 4 is 25.7 Å². The fourth-order valence-corrected chi connectivity index (χ4v) is 7.20. The number of aliphatic carboxylic acids is 1. The van der Waals surface area contributed by atoms with E-state index in [1.165, 1.54) is 96.3 Å². The lowest BCUT2D eigenvalue weighted by molar-refractivity contribution is -0.161. The summed E-state index contributed by atoms with van der Waals surface area (Å²) in [6.45, 7) is 2.56. The third kappa shape index (κ3) is 42.5. The van der Waals surface area contributed by atoms with E-state index in [9.17, 15) is 28.9 Å². The normalized spacial score (nSPS) is 14.6. The van der Waals surface area contributed by atoms with Crippen molar-refractivity contribution in [1.82, 2.24) is 0 Å². The first-order chi connectivity index (χ1) is 29.5. The van der Waals surface area contributed by atoms with E-state index in [2.05, 4.69) is 48.8 Å². The Bertz CT molecular complexity index is 1240. The maximum absolute atomic E-state index is 12.7. The monoisotopic (exact) mass is 884 g/mol. The Labute approximate surface area is 369 Å². The molecule has 0 aromatic heterocycles. The van der Waals surface area contributed by atoms with Crippen molar-refractivity contribution in [1.29, 1.82) is 0 Å². The number of hydrogen-bond donors (Lipinski definition) is 4. The van der Waals surface area contributed by atoms with Gasteiger partial charge in [0, 0.05) is 12.8 Å². The van der Waals surface area contributed by atoms with Crippen molar-refractivity contribution in [2.45, 2.75) is 218 Å². The highest BCUT2D eigenvalue weighted by Gasteiger charge is 2.28. The van der Waals surface area contributed by atoms with Crippen LogP contribution in [0.25, 0.3) is 0 Å². The van der Waals surface area contributed by atoms with Crippen molar-refractivity contribution in [2.24, 2.45) is 5.73 Å². The molecule has 0 aliphatic rings. The predicted molar refractivity (Wildman–Crippen MR) is 246 cm³/mol. The zero-order chi connectivity index (χ0) is 45.1. The van der Waals surface area contributed by atoms with Crippen LogP contribution >= 0.6 is 7.82 Å². The van der Waals surface area contributed by atoms with Crippen LogP contribution in [0.5, 0.6) is 0 Å². The Hall–Kier alpha value is -2.60. The number of carboxylic acid groups (broad SMARTS) is 1. The molecular weight excluding hydrogens is 797 g/mol. The Balaban J connectivity index is 4.39. The second kappa shape index (κ2) is 42.7. The molecule has 0 aliphatic heterocycles. The highest BCUT2D eigenvalue weighted by molar-refractivity contribution is 7.47. The second-order valence-electron chi connectivity index (χ2n) is 16.1. The fourth-order valence-electron chi connectivity index (χ4n) is 6.43. The molecule has 0 aromatic carbocycles. The molecule has 0 fully saturated rings. The Kier molecular flexibility index (Phi) is 40.9. The van der Waals surface area contributed by atoms with Crippen LogP contribution in [-0.2, 0) is 37.5 Å². The number of unbranched alkanes of at least 4 members (excludes halogenated alkanes) is 19. The summed E-state index contributed by atoms with van der Waals surface area (Å²) in [5, 5.41) is 18.6. The van der Waals surface area contributed by atoms with Crippen LogP contribution < -0.4 is 5.73 Å². The van der Waals surface area contributed by atoms with E-state index >= 15 is 0 Å². The summed E-state index contributed by atoms with van der Waals surface area (Å²) in [4.78, 5) is 46.0. The lowest BCUT2D eigenvalue weighted by atomic mass is 10.0. The average molecular weight is 884 g/mol. The molecule has 2 unspecified atom stereocenters. The van der Waals surface area contributed by atoms with Crippen LogP contribution in [0, 0.1) is 0 Å². The largest absolute Gasteiger partial charge is 0.480 e. The van der Waals surface area contributed by atoms with Crippen molar-refractivity contribution in [3.63, 3.8) is 0 Å². The smallest absolute Gasteiger partial charge is 0.472 e. The molecule has 0 bridgehead atoms. The Morgan fingerprint density at radius 2 is 1.02 bits per heavy atom. The van der Waals surface area contributed by atoms with Gasteiger partial charge in [-0.15, -0.1) is 0 Å². The fraction of sp³-hybridized carbons (Fsp3) is 0.771. The van der Waals surface area contributed by atoms with Crippen LogP contribution in [0.2, 0.25) is 0 Å². The average Bonchev–Trinajstić information content (AvgIpc) is 3.23. The predicted octanol–water partition coefficient (Wildman–Crippen LogP) is 11.9. The first-order valence-corrected chi connectivity index (χ1v) is 25.2. The van der Waals surface area contributed by atoms with Gasteiger partial charge >= 0.3 is 25.7 Å². The van der Waals surface area contributed by atoms with Gasteiger partial charge < -0.3 is 30.3 Å². The number of carboxylic acids is 1. The van der Waals surface area contributed by atoms with Gasteiger partial charge in [-0.25, -0.2) is 4.57 Å². The van der Waals surface area contributed by atoms with Gasteiger partial charge in [0.2, 0.25) is 0 Å². The molecule has 12 nitrogen and oxygen atoms in total. The van der Waals surface area contributed by atoms with Gasteiger partial charge in [-0.3, -0.25) is 23.4 Å². The molecule has 0 saturated heterocycles. The SMILES string of the molecule is CCCCCCCCCCCCCCCCCCCCCC(=O)O[C@H](COC(=O)CCC/C=C\C/C=C\C/C=C\C/C=C\CC(O)CCC)COP(=O)(O)OC[C@H](N)C(=O)O. The molecule has 0 aromatic rings. The van der Waals surface area contributed by atoms with Gasteiger partial charge in [-0.2, -0.15) is 0 Å². The third-order valence-corrected chi connectivity index (χ3v) is 11.1.